The lowest BCUT2D eigenvalue weighted by molar-refractivity contribution is 0.0827. The van der Waals surface area contributed by atoms with Crippen molar-refractivity contribution in [2.45, 2.75) is 0 Å². The largest absolute Gasteiger partial charge is 0.345 e. The second-order valence-corrected chi connectivity index (χ2v) is 5.80. The van der Waals surface area contributed by atoms with E-state index in [4.69, 9.17) is 0 Å². The molecular weight excluding hydrogens is 318 g/mol. The summed E-state index contributed by atoms with van der Waals surface area (Å²) in [6, 6.07) is 12.7. The Morgan fingerprint density at radius 3 is 2.64 bits per heavy atom. The molecule has 3 amide bonds. The molecule has 0 spiro atoms. The fraction of sp³-hybridized carbons (Fsp3) is 0.167. The summed E-state index contributed by atoms with van der Waals surface area (Å²) < 4.78 is 1.70. The Kier molecular flexibility index (Phi) is 4.38. The molecule has 3 aromatic rings. The number of anilines is 1. The molecule has 25 heavy (non-hydrogen) atoms. The molecule has 2 aromatic heterocycles. The van der Waals surface area contributed by atoms with Crippen LogP contribution in [0.4, 0.5) is 10.5 Å². The molecule has 2 N–H and O–H groups in total. The van der Waals surface area contributed by atoms with Crippen LogP contribution in [0.25, 0.3) is 16.8 Å². The van der Waals surface area contributed by atoms with E-state index < -0.39 is 0 Å². The van der Waals surface area contributed by atoms with E-state index in [1.54, 1.807) is 42.8 Å². The van der Waals surface area contributed by atoms with E-state index in [9.17, 15) is 9.59 Å². The van der Waals surface area contributed by atoms with Gasteiger partial charge in [0.05, 0.1) is 23.1 Å². The van der Waals surface area contributed by atoms with E-state index in [0.29, 0.717) is 11.3 Å². The van der Waals surface area contributed by atoms with Crippen LogP contribution in [0.15, 0.2) is 48.7 Å². The van der Waals surface area contributed by atoms with E-state index in [0.717, 1.165) is 16.8 Å². The van der Waals surface area contributed by atoms with E-state index in [1.807, 2.05) is 36.4 Å². The summed E-state index contributed by atoms with van der Waals surface area (Å²) in [5, 5.41) is 9.79. The molecule has 0 atom stereocenters. The molecule has 0 saturated carbocycles. The quantitative estimate of drug-likeness (QED) is 0.770. The van der Waals surface area contributed by atoms with Crippen LogP contribution < -0.4 is 10.6 Å². The second-order valence-electron chi connectivity index (χ2n) is 5.80. The zero-order valence-corrected chi connectivity index (χ0v) is 14.3. The third-order valence-corrected chi connectivity index (χ3v) is 3.75. The molecule has 7 nitrogen and oxygen atoms in total. The van der Waals surface area contributed by atoms with E-state index >= 15 is 0 Å². The van der Waals surface area contributed by atoms with Gasteiger partial charge in [0.25, 0.3) is 5.91 Å². The van der Waals surface area contributed by atoms with Gasteiger partial charge in [0.1, 0.15) is 0 Å². The van der Waals surface area contributed by atoms with E-state index in [-0.39, 0.29) is 11.9 Å². The number of hydrogen-bond acceptors (Lipinski definition) is 3. The Labute approximate surface area is 145 Å². The summed E-state index contributed by atoms with van der Waals surface area (Å²) in [5.41, 5.74) is 3.71. The molecule has 0 aliphatic rings. The van der Waals surface area contributed by atoms with Crippen molar-refractivity contribution in [1.82, 2.24) is 19.8 Å². The van der Waals surface area contributed by atoms with Crippen molar-refractivity contribution in [3.63, 3.8) is 0 Å². The minimum Gasteiger partial charge on any atom is -0.345 e. The predicted octanol–water partition coefficient (Wildman–Crippen LogP) is 2.45. The molecule has 0 saturated heterocycles. The van der Waals surface area contributed by atoms with Gasteiger partial charge in [0, 0.05) is 32.3 Å². The number of hydrogen-bond donors (Lipinski definition) is 2. The number of amides is 3. The Morgan fingerprint density at radius 1 is 1.12 bits per heavy atom. The monoisotopic (exact) mass is 337 g/mol. The molecule has 2 heterocycles. The van der Waals surface area contributed by atoms with Gasteiger partial charge in [-0.25, -0.2) is 9.31 Å². The number of fused-ring (bicyclic) bond motifs is 1. The van der Waals surface area contributed by atoms with Gasteiger partial charge < -0.3 is 15.5 Å². The minimum atomic E-state index is -0.286. The van der Waals surface area contributed by atoms with Gasteiger partial charge in [0.2, 0.25) is 0 Å². The Hall–Kier alpha value is -3.35. The van der Waals surface area contributed by atoms with Crippen LogP contribution in [-0.2, 0) is 0 Å². The zero-order chi connectivity index (χ0) is 18.0. The van der Waals surface area contributed by atoms with Gasteiger partial charge in [-0.3, -0.25) is 4.79 Å². The molecule has 0 fully saturated rings. The van der Waals surface area contributed by atoms with Gasteiger partial charge in [-0.05, 0) is 30.3 Å². The molecule has 7 heteroatoms. The molecular formula is C18H19N5O2. The Morgan fingerprint density at radius 2 is 1.92 bits per heavy atom. The van der Waals surface area contributed by atoms with Crippen LogP contribution in [0, 0.1) is 0 Å². The van der Waals surface area contributed by atoms with Crippen LogP contribution in [-0.4, -0.2) is 47.6 Å². The molecule has 0 unspecified atom stereocenters. The summed E-state index contributed by atoms with van der Waals surface area (Å²) >= 11 is 0. The maximum absolute atomic E-state index is 12.1. The van der Waals surface area contributed by atoms with Crippen molar-refractivity contribution in [1.29, 1.82) is 0 Å². The molecule has 0 bridgehead atoms. The minimum absolute atomic E-state index is 0.0547. The third kappa shape index (κ3) is 3.45. The van der Waals surface area contributed by atoms with Gasteiger partial charge in [-0.1, -0.05) is 12.1 Å². The Balaban J connectivity index is 1.95. The van der Waals surface area contributed by atoms with Crippen molar-refractivity contribution >= 4 is 23.1 Å². The molecule has 0 aliphatic carbocycles. The highest BCUT2D eigenvalue weighted by molar-refractivity contribution is 5.95. The Bertz CT molecular complexity index is 946. The van der Waals surface area contributed by atoms with Crippen LogP contribution in [0.5, 0.6) is 0 Å². The summed E-state index contributed by atoms with van der Waals surface area (Å²) in [7, 11) is 5.00. The number of aromatic nitrogens is 2. The number of carbonyl (C=O) groups excluding carboxylic acids is 2. The molecule has 128 valence electrons. The van der Waals surface area contributed by atoms with Gasteiger partial charge in [-0.2, -0.15) is 5.10 Å². The first-order chi connectivity index (χ1) is 12.0. The van der Waals surface area contributed by atoms with Crippen molar-refractivity contribution in [2.75, 3.05) is 26.5 Å². The van der Waals surface area contributed by atoms with Gasteiger partial charge in [0.15, 0.2) is 0 Å². The average Bonchev–Trinajstić information content (AvgIpc) is 3.02. The summed E-state index contributed by atoms with van der Waals surface area (Å²) in [5.74, 6) is -0.0547. The normalized spacial score (nSPS) is 10.5. The number of rotatable bonds is 3. The van der Waals surface area contributed by atoms with Crippen LogP contribution in [0.1, 0.15) is 10.4 Å². The van der Waals surface area contributed by atoms with Crippen LogP contribution >= 0.6 is 0 Å². The second kappa shape index (κ2) is 6.64. The van der Waals surface area contributed by atoms with E-state index in [2.05, 4.69) is 15.7 Å². The summed E-state index contributed by atoms with van der Waals surface area (Å²) in [6.45, 7) is 0. The number of nitrogens with one attached hydrogen (secondary N) is 2. The highest BCUT2D eigenvalue weighted by Crippen LogP contribution is 2.21. The molecule has 3 rings (SSSR count). The lowest BCUT2D eigenvalue weighted by Gasteiger charge is -2.11. The van der Waals surface area contributed by atoms with Crippen molar-refractivity contribution in [2.24, 2.45) is 0 Å². The van der Waals surface area contributed by atoms with Gasteiger partial charge >= 0.3 is 6.03 Å². The van der Waals surface area contributed by atoms with Crippen molar-refractivity contribution < 1.29 is 9.59 Å². The fourth-order valence-electron chi connectivity index (χ4n) is 2.48. The zero-order valence-electron chi connectivity index (χ0n) is 14.3. The predicted molar refractivity (Wildman–Crippen MR) is 96.7 cm³/mol. The maximum atomic E-state index is 12.1. The number of carbonyl (C=O) groups is 2. The van der Waals surface area contributed by atoms with Crippen molar-refractivity contribution in [3.8, 4) is 11.3 Å². The van der Waals surface area contributed by atoms with Crippen molar-refractivity contribution in [3.05, 3.63) is 54.2 Å². The number of nitrogens with zero attached hydrogens (tertiary/aromatic N) is 3. The topological polar surface area (TPSA) is 78.7 Å². The van der Waals surface area contributed by atoms with Crippen LogP contribution in [0.3, 0.4) is 0 Å². The standard InChI is InChI=1S/C18H19N5O2/c1-19-18(25)20-14-10-15-7-8-16(21-23(15)11-14)12-5-4-6-13(9-12)17(24)22(2)3/h4-11H,1-3H3,(H2,19,20,25). The summed E-state index contributed by atoms with van der Waals surface area (Å²) in [6.07, 6.45) is 1.74. The SMILES string of the molecule is CNC(=O)Nc1cc2ccc(-c3cccc(C(=O)N(C)C)c3)nn2c1. The first-order valence-electron chi connectivity index (χ1n) is 7.78. The lowest BCUT2D eigenvalue weighted by atomic mass is 10.1. The first kappa shape index (κ1) is 16.5. The first-order valence-corrected chi connectivity index (χ1v) is 7.78. The fourth-order valence-corrected chi connectivity index (χ4v) is 2.48. The maximum Gasteiger partial charge on any atom is 0.319 e. The van der Waals surface area contributed by atoms with Gasteiger partial charge in [-0.15, -0.1) is 0 Å². The molecule has 0 aliphatic heterocycles. The van der Waals surface area contributed by atoms with Crippen LogP contribution in [0.2, 0.25) is 0 Å². The highest BCUT2D eigenvalue weighted by Gasteiger charge is 2.10. The lowest BCUT2D eigenvalue weighted by Crippen LogP contribution is -2.24. The number of benzene rings is 1. The highest BCUT2D eigenvalue weighted by atomic mass is 16.2. The molecule has 0 radical (unpaired) electrons. The third-order valence-electron chi connectivity index (χ3n) is 3.75. The average molecular weight is 337 g/mol. The molecule has 1 aromatic carbocycles. The smallest absolute Gasteiger partial charge is 0.319 e. The van der Waals surface area contributed by atoms with E-state index in [1.165, 1.54) is 0 Å². The summed E-state index contributed by atoms with van der Waals surface area (Å²) in [4.78, 5) is 25.1. The number of urea groups is 1.